The third-order valence-corrected chi connectivity index (χ3v) is 7.07. The Morgan fingerprint density at radius 3 is 2.49 bits per heavy atom. The molecule has 4 atom stereocenters. The Balaban J connectivity index is 1.36. The number of halogens is 2. The summed E-state index contributed by atoms with van der Waals surface area (Å²) in [6, 6.07) is 6.47. The van der Waals surface area contributed by atoms with Gasteiger partial charge < -0.3 is 35.1 Å². The number of hydrogen-bond acceptors (Lipinski definition) is 11. The summed E-state index contributed by atoms with van der Waals surface area (Å²) in [5, 5.41) is 34.1. The number of nitrogen functional groups attached to an aromatic ring is 1. The lowest BCUT2D eigenvalue weighted by atomic mass is 9.92. The number of anilines is 1. The molecule has 1 aromatic carbocycles. The van der Waals surface area contributed by atoms with Gasteiger partial charge in [0.05, 0.1) is 18.6 Å². The lowest BCUT2D eigenvalue weighted by Gasteiger charge is -2.27. The van der Waals surface area contributed by atoms with Gasteiger partial charge in [-0.1, -0.05) is 29.4 Å². The Morgan fingerprint density at radius 2 is 1.88 bits per heavy atom. The summed E-state index contributed by atoms with van der Waals surface area (Å²) in [6.45, 7) is 2.75. The fourth-order valence-corrected chi connectivity index (χ4v) is 4.95. The number of carboxylic acid groups (broad SMARTS) is 2. The van der Waals surface area contributed by atoms with Crippen LogP contribution in [-0.2, 0) is 25.5 Å². The number of carboxylic acids is 2. The summed E-state index contributed by atoms with van der Waals surface area (Å²) in [7, 11) is 0. The fraction of sp³-hybridized carbons (Fsp3) is 0.360. The van der Waals surface area contributed by atoms with Crippen molar-refractivity contribution in [1.29, 1.82) is 0 Å². The van der Waals surface area contributed by atoms with Gasteiger partial charge >= 0.3 is 11.9 Å². The second-order valence-electron chi connectivity index (χ2n) is 9.52. The first-order valence-corrected chi connectivity index (χ1v) is 12.6. The molecule has 41 heavy (non-hydrogen) atoms. The molecule has 0 radical (unpaired) electrons. The van der Waals surface area contributed by atoms with Crippen molar-refractivity contribution in [3.63, 3.8) is 0 Å². The molecule has 1 aliphatic rings. The zero-order chi connectivity index (χ0) is 29.6. The molecule has 16 heteroatoms. The summed E-state index contributed by atoms with van der Waals surface area (Å²) in [6.07, 6.45) is -6.17. The highest BCUT2D eigenvalue weighted by atomic mass is 35.5. The SMILES string of the molecule is Cc1noc(C)c1-c1ccc(CC(OC[C@H]2O[C@@H](n3cnc4c(N)nc(Cl)nc43)[C@@H](F)[C@@H]2O)(C(=O)O)C(=O)O)cc1. The van der Waals surface area contributed by atoms with E-state index in [4.69, 9.17) is 31.3 Å². The molecular formula is C25H24ClFN6O8. The highest BCUT2D eigenvalue weighted by Gasteiger charge is 2.52. The van der Waals surface area contributed by atoms with Gasteiger partial charge in [0.1, 0.15) is 23.5 Å². The Bertz CT molecular complexity index is 1590. The van der Waals surface area contributed by atoms with Crippen molar-refractivity contribution in [3.8, 4) is 11.1 Å². The molecule has 0 amide bonds. The van der Waals surface area contributed by atoms with Crippen LogP contribution in [0.25, 0.3) is 22.3 Å². The first-order chi connectivity index (χ1) is 19.4. The van der Waals surface area contributed by atoms with E-state index in [1.54, 1.807) is 38.1 Å². The summed E-state index contributed by atoms with van der Waals surface area (Å²) < 4.78 is 32.6. The van der Waals surface area contributed by atoms with E-state index in [2.05, 4.69) is 20.1 Å². The van der Waals surface area contributed by atoms with Gasteiger partial charge in [0.2, 0.25) is 5.28 Å². The van der Waals surface area contributed by atoms with Crippen LogP contribution in [0, 0.1) is 13.8 Å². The highest BCUT2D eigenvalue weighted by molar-refractivity contribution is 6.28. The zero-order valence-corrected chi connectivity index (χ0v) is 22.3. The van der Waals surface area contributed by atoms with Crippen LogP contribution in [0.1, 0.15) is 23.2 Å². The number of aliphatic carboxylic acids is 2. The molecule has 3 aromatic heterocycles. The number of nitrogens with two attached hydrogens (primary N) is 1. The van der Waals surface area contributed by atoms with E-state index in [0.717, 1.165) is 15.7 Å². The first-order valence-electron chi connectivity index (χ1n) is 12.2. The van der Waals surface area contributed by atoms with Crippen LogP contribution >= 0.6 is 11.6 Å². The van der Waals surface area contributed by atoms with E-state index in [-0.39, 0.29) is 22.3 Å². The van der Waals surface area contributed by atoms with Crippen LogP contribution in [0.4, 0.5) is 10.2 Å². The van der Waals surface area contributed by atoms with Crippen molar-refractivity contribution >= 4 is 40.5 Å². The molecule has 5 rings (SSSR count). The van der Waals surface area contributed by atoms with Crippen molar-refractivity contribution in [3.05, 3.63) is 52.9 Å². The zero-order valence-electron chi connectivity index (χ0n) is 21.6. The van der Waals surface area contributed by atoms with E-state index in [1.165, 1.54) is 6.33 Å². The molecule has 0 saturated carbocycles. The summed E-state index contributed by atoms with van der Waals surface area (Å²) in [4.78, 5) is 36.3. The van der Waals surface area contributed by atoms with Gasteiger partial charge in [-0.15, -0.1) is 0 Å². The molecule has 1 aliphatic heterocycles. The largest absolute Gasteiger partial charge is 0.479 e. The second kappa shape index (κ2) is 10.7. The molecular weight excluding hydrogens is 567 g/mol. The van der Waals surface area contributed by atoms with E-state index in [1.807, 2.05) is 0 Å². The predicted molar refractivity (Wildman–Crippen MR) is 139 cm³/mol. The minimum Gasteiger partial charge on any atom is -0.479 e. The molecule has 4 aromatic rings. The van der Waals surface area contributed by atoms with Crippen LogP contribution in [0.3, 0.4) is 0 Å². The van der Waals surface area contributed by atoms with E-state index in [9.17, 15) is 24.9 Å². The third-order valence-electron chi connectivity index (χ3n) is 6.90. The van der Waals surface area contributed by atoms with Crippen molar-refractivity contribution in [1.82, 2.24) is 24.7 Å². The van der Waals surface area contributed by atoms with Gasteiger partial charge in [0.25, 0.3) is 5.60 Å². The number of rotatable bonds is 9. The Kier molecular flexibility index (Phi) is 7.37. The first kappa shape index (κ1) is 28.4. The number of ether oxygens (including phenoxy) is 2. The lowest BCUT2D eigenvalue weighted by molar-refractivity contribution is -0.190. The number of carbonyl (C=O) groups is 2. The molecule has 14 nitrogen and oxygen atoms in total. The molecule has 216 valence electrons. The van der Waals surface area contributed by atoms with E-state index < -0.39 is 55.2 Å². The maximum absolute atomic E-state index is 15.2. The number of aromatic nitrogens is 5. The molecule has 0 aliphatic carbocycles. The minimum absolute atomic E-state index is 0.0365. The number of aliphatic hydroxyl groups excluding tert-OH is 1. The quantitative estimate of drug-likeness (QED) is 0.163. The summed E-state index contributed by atoms with van der Waals surface area (Å²) in [5.74, 6) is -3.04. The van der Waals surface area contributed by atoms with Gasteiger partial charge in [-0.25, -0.2) is 19.0 Å². The predicted octanol–water partition coefficient (Wildman–Crippen LogP) is 2.10. The van der Waals surface area contributed by atoms with Gasteiger partial charge in [-0.2, -0.15) is 9.97 Å². The van der Waals surface area contributed by atoms with E-state index in [0.29, 0.717) is 17.0 Å². The average Bonchev–Trinajstić information content (AvgIpc) is 3.57. The topological polar surface area (TPSA) is 209 Å². The maximum atomic E-state index is 15.2. The molecule has 0 unspecified atom stereocenters. The number of imidazole rings is 1. The second-order valence-corrected chi connectivity index (χ2v) is 9.86. The fourth-order valence-electron chi connectivity index (χ4n) is 4.78. The van der Waals surface area contributed by atoms with Gasteiger partial charge in [0.15, 0.2) is 23.9 Å². The average molecular weight is 591 g/mol. The Morgan fingerprint density at radius 1 is 1.20 bits per heavy atom. The highest BCUT2D eigenvalue weighted by Crippen LogP contribution is 2.36. The van der Waals surface area contributed by atoms with Crippen molar-refractivity contribution in [2.45, 2.75) is 50.5 Å². The third kappa shape index (κ3) is 4.97. The van der Waals surface area contributed by atoms with Crippen LogP contribution < -0.4 is 5.73 Å². The molecule has 4 heterocycles. The van der Waals surface area contributed by atoms with Crippen LogP contribution in [0.5, 0.6) is 0 Å². The van der Waals surface area contributed by atoms with Crippen LogP contribution in [0.2, 0.25) is 5.28 Å². The molecule has 1 fully saturated rings. The Hall–Kier alpha value is -4.18. The van der Waals surface area contributed by atoms with Gasteiger partial charge in [-0.05, 0) is 36.6 Å². The summed E-state index contributed by atoms with van der Waals surface area (Å²) >= 11 is 5.86. The van der Waals surface area contributed by atoms with Crippen LogP contribution in [-0.4, -0.2) is 82.5 Å². The summed E-state index contributed by atoms with van der Waals surface area (Å²) in [5.41, 5.74) is 5.67. The molecule has 0 bridgehead atoms. The number of benzene rings is 1. The Labute approximate surface area is 235 Å². The van der Waals surface area contributed by atoms with Crippen molar-refractivity contribution in [2.75, 3.05) is 12.3 Å². The smallest absolute Gasteiger partial charge is 0.348 e. The minimum atomic E-state index is -2.77. The van der Waals surface area contributed by atoms with Crippen molar-refractivity contribution in [2.24, 2.45) is 0 Å². The van der Waals surface area contributed by atoms with Gasteiger partial charge in [-0.3, -0.25) is 4.57 Å². The van der Waals surface area contributed by atoms with Gasteiger partial charge in [0, 0.05) is 12.0 Å². The molecule has 0 spiro atoms. The number of fused-ring (bicyclic) bond motifs is 1. The monoisotopic (exact) mass is 590 g/mol. The number of aryl methyl sites for hydroxylation is 2. The lowest BCUT2D eigenvalue weighted by Crippen LogP contribution is -2.52. The number of alkyl halides is 1. The van der Waals surface area contributed by atoms with E-state index >= 15 is 4.39 Å². The maximum Gasteiger partial charge on any atom is 0.348 e. The molecule has 1 saturated heterocycles. The van der Waals surface area contributed by atoms with Crippen LogP contribution in [0.15, 0.2) is 35.1 Å². The standard InChI is InChI=1S/C25H24ClFN6O8/c1-10-15(11(2)41-32-10)13-5-3-12(4-6-13)7-25(22(35)36,23(37)38)39-8-14-18(34)16(27)21(40-14)33-9-29-17-19(28)30-24(26)31-20(17)33/h3-6,9,14,16,18,21,34H,7-8H2,1-2H3,(H,35,36)(H,37,38)(H2,28,30,31)/t14-,16+,18-,21-/m1/s1. The number of nitrogens with zero attached hydrogens (tertiary/aromatic N) is 5. The normalized spacial score (nSPS) is 21.0. The molecule has 5 N–H and O–H groups in total. The van der Waals surface area contributed by atoms with Crippen molar-refractivity contribution < 1.29 is 43.3 Å². The number of aliphatic hydroxyl groups is 1. The number of hydrogen-bond donors (Lipinski definition) is 4.